The van der Waals surface area contributed by atoms with Crippen molar-refractivity contribution < 1.29 is 4.79 Å². The number of aromatic nitrogens is 2. The van der Waals surface area contributed by atoms with E-state index in [9.17, 15) is 4.79 Å². The molecule has 0 aliphatic carbocycles. The third-order valence-electron chi connectivity index (χ3n) is 3.51. The van der Waals surface area contributed by atoms with E-state index in [4.69, 9.17) is 0 Å². The van der Waals surface area contributed by atoms with E-state index in [1.165, 1.54) is 11.1 Å². The Kier molecular flexibility index (Phi) is 7.47. The molecule has 0 aliphatic heterocycles. The van der Waals surface area contributed by atoms with Crippen molar-refractivity contribution in [3.05, 3.63) is 95.1 Å². The zero-order valence-corrected chi connectivity index (χ0v) is 14.6. The largest absolute Gasteiger partial charge is 0.307 e. The van der Waals surface area contributed by atoms with Crippen LogP contribution in [0.4, 0.5) is 0 Å². The molecule has 2 heterocycles. The van der Waals surface area contributed by atoms with E-state index >= 15 is 0 Å². The van der Waals surface area contributed by atoms with Gasteiger partial charge in [-0.25, -0.2) is 0 Å². The third kappa shape index (κ3) is 7.06. The molecule has 0 saturated heterocycles. The first-order chi connectivity index (χ1) is 12.2. The Morgan fingerprint density at radius 3 is 2.16 bits per heavy atom. The maximum absolute atomic E-state index is 10.1. The fraction of sp³-hybridized carbons (Fsp3) is 0.190. The zero-order valence-electron chi connectivity index (χ0n) is 14.6. The predicted molar refractivity (Wildman–Crippen MR) is 100 cm³/mol. The molecule has 1 aromatic carbocycles. The lowest BCUT2D eigenvalue weighted by Gasteiger charge is -2.04. The number of hydrogen-bond acceptors (Lipinski definition) is 4. The van der Waals surface area contributed by atoms with Gasteiger partial charge in [0.15, 0.2) is 6.29 Å². The summed E-state index contributed by atoms with van der Waals surface area (Å²) in [5.74, 6) is 0. The van der Waals surface area contributed by atoms with E-state index in [-0.39, 0.29) is 0 Å². The molecule has 0 radical (unpaired) electrons. The van der Waals surface area contributed by atoms with Gasteiger partial charge in [0.2, 0.25) is 0 Å². The van der Waals surface area contributed by atoms with Crippen molar-refractivity contribution in [2.75, 3.05) is 0 Å². The molecular formula is C21H23N3O. The Hall–Kier alpha value is -2.85. The molecular weight excluding hydrogens is 310 g/mol. The highest BCUT2D eigenvalue weighted by Crippen LogP contribution is 2.01. The number of benzene rings is 1. The van der Waals surface area contributed by atoms with Gasteiger partial charge >= 0.3 is 0 Å². The van der Waals surface area contributed by atoms with Gasteiger partial charge in [-0.3, -0.25) is 14.8 Å². The molecule has 0 unspecified atom stereocenters. The molecule has 0 spiro atoms. The summed E-state index contributed by atoms with van der Waals surface area (Å²) in [5.41, 5.74) is 5.21. The summed E-state index contributed by atoms with van der Waals surface area (Å²) >= 11 is 0. The average Bonchev–Trinajstić information content (AvgIpc) is 2.63. The summed E-state index contributed by atoms with van der Waals surface area (Å²) in [5, 5.41) is 3.38. The third-order valence-corrected chi connectivity index (χ3v) is 3.51. The van der Waals surface area contributed by atoms with E-state index in [1.807, 2.05) is 31.3 Å². The monoisotopic (exact) mass is 333 g/mol. The molecule has 0 fully saturated rings. The molecule has 4 nitrogen and oxygen atoms in total. The van der Waals surface area contributed by atoms with Crippen LogP contribution in [0.5, 0.6) is 0 Å². The quantitative estimate of drug-likeness (QED) is 0.720. The summed E-state index contributed by atoms with van der Waals surface area (Å²) in [6.07, 6.45) is 4.22. The fourth-order valence-corrected chi connectivity index (χ4v) is 2.25. The first-order valence-corrected chi connectivity index (χ1v) is 8.21. The van der Waals surface area contributed by atoms with Crippen molar-refractivity contribution in [1.29, 1.82) is 0 Å². The van der Waals surface area contributed by atoms with E-state index in [0.717, 1.165) is 30.6 Å². The summed E-state index contributed by atoms with van der Waals surface area (Å²) in [7, 11) is 0. The summed E-state index contributed by atoms with van der Waals surface area (Å²) in [6, 6.07) is 18.1. The molecule has 3 rings (SSSR count). The zero-order chi connectivity index (χ0) is 17.9. The second-order valence-electron chi connectivity index (χ2n) is 5.79. The van der Waals surface area contributed by atoms with Crippen molar-refractivity contribution in [3.8, 4) is 0 Å². The predicted octanol–water partition coefficient (Wildman–Crippen LogP) is 3.88. The summed E-state index contributed by atoms with van der Waals surface area (Å²) < 4.78 is 0. The molecule has 0 amide bonds. The van der Waals surface area contributed by atoms with Gasteiger partial charge < -0.3 is 5.32 Å². The number of hydrogen-bond donors (Lipinski definition) is 1. The van der Waals surface area contributed by atoms with Crippen LogP contribution in [0, 0.1) is 13.8 Å². The Bertz CT molecular complexity index is 788. The molecule has 0 saturated carbocycles. The number of aldehydes is 1. The van der Waals surface area contributed by atoms with Crippen LogP contribution in [0.3, 0.4) is 0 Å². The van der Waals surface area contributed by atoms with Crippen LogP contribution in [0.2, 0.25) is 0 Å². The molecule has 0 bridgehead atoms. The number of nitrogens with one attached hydrogen (secondary N) is 1. The van der Waals surface area contributed by atoms with Crippen LogP contribution < -0.4 is 5.32 Å². The molecule has 0 aliphatic rings. The van der Waals surface area contributed by atoms with Crippen LogP contribution in [0.1, 0.15) is 32.9 Å². The SMILES string of the molecule is Cc1ccnc(C=O)c1.Cc1ccnc(CNCc2ccccc2)c1. The van der Waals surface area contributed by atoms with E-state index in [2.05, 4.69) is 52.5 Å². The molecule has 25 heavy (non-hydrogen) atoms. The lowest BCUT2D eigenvalue weighted by Crippen LogP contribution is -2.13. The topological polar surface area (TPSA) is 54.9 Å². The van der Waals surface area contributed by atoms with Crippen molar-refractivity contribution in [1.82, 2.24) is 15.3 Å². The highest BCUT2D eigenvalue weighted by Gasteiger charge is 1.95. The molecule has 0 atom stereocenters. The molecule has 4 heteroatoms. The van der Waals surface area contributed by atoms with Gasteiger partial charge in [0.05, 0.1) is 5.69 Å². The van der Waals surface area contributed by atoms with Crippen LogP contribution in [0.25, 0.3) is 0 Å². The van der Waals surface area contributed by atoms with Crippen LogP contribution in [0.15, 0.2) is 67.0 Å². The standard InChI is InChI=1S/C14H16N2.C7H7NO/c1-12-7-8-16-14(9-12)11-15-10-13-5-3-2-4-6-13;1-6-2-3-8-7(4-6)5-9/h2-9,15H,10-11H2,1H3;2-5H,1H3. The van der Waals surface area contributed by atoms with Crippen LogP contribution >= 0.6 is 0 Å². The molecule has 3 aromatic rings. The number of carbonyl (C=O) groups is 1. The highest BCUT2D eigenvalue weighted by atomic mass is 16.1. The molecule has 2 aromatic heterocycles. The van der Waals surface area contributed by atoms with Crippen molar-refractivity contribution in [3.63, 3.8) is 0 Å². The average molecular weight is 333 g/mol. The summed E-state index contributed by atoms with van der Waals surface area (Å²) in [4.78, 5) is 18.2. The van der Waals surface area contributed by atoms with Gasteiger partial charge in [-0.2, -0.15) is 0 Å². The van der Waals surface area contributed by atoms with E-state index in [1.54, 1.807) is 12.3 Å². The van der Waals surface area contributed by atoms with Gasteiger partial charge in [-0.15, -0.1) is 0 Å². The fourth-order valence-electron chi connectivity index (χ4n) is 2.25. The Morgan fingerprint density at radius 1 is 0.880 bits per heavy atom. The Balaban J connectivity index is 0.000000212. The van der Waals surface area contributed by atoms with Crippen LogP contribution in [-0.4, -0.2) is 16.3 Å². The minimum Gasteiger partial charge on any atom is -0.307 e. The minimum atomic E-state index is 0.495. The number of nitrogens with zero attached hydrogens (tertiary/aromatic N) is 2. The van der Waals surface area contributed by atoms with Crippen LogP contribution in [-0.2, 0) is 13.1 Å². The molecule has 1 N–H and O–H groups in total. The number of pyridine rings is 2. The smallest absolute Gasteiger partial charge is 0.168 e. The van der Waals surface area contributed by atoms with E-state index < -0.39 is 0 Å². The lowest BCUT2D eigenvalue weighted by atomic mass is 10.2. The second kappa shape index (κ2) is 10.1. The number of aryl methyl sites for hydroxylation is 2. The van der Waals surface area contributed by atoms with Gasteiger partial charge in [0, 0.05) is 25.5 Å². The first-order valence-electron chi connectivity index (χ1n) is 8.21. The number of rotatable bonds is 5. The van der Waals surface area contributed by atoms with Crippen molar-refractivity contribution in [2.45, 2.75) is 26.9 Å². The van der Waals surface area contributed by atoms with E-state index in [0.29, 0.717) is 5.69 Å². The van der Waals surface area contributed by atoms with Gasteiger partial charge in [0.25, 0.3) is 0 Å². The maximum atomic E-state index is 10.1. The Labute approximate surface area is 149 Å². The first kappa shape index (κ1) is 18.5. The van der Waals surface area contributed by atoms with Crippen molar-refractivity contribution >= 4 is 6.29 Å². The van der Waals surface area contributed by atoms with Gasteiger partial charge in [0.1, 0.15) is 5.69 Å². The van der Waals surface area contributed by atoms with Crippen molar-refractivity contribution in [2.24, 2.45) is 0 Å². The maximum Gasteiger partial charge on any atom is 0.168 e. The minimum absolute atomic E-state index is 0.495. The second-order valence-corrected chi connectivity index (χ2v) is 5.79. The normalized spacial score (nSPS) is 9.84. The molecule has 128 valence electrons. The van der Waals surface area contributed by atoms with Gasteiger partial charge in [-0.1, -0.05) is 30.3 Å². The Morgan fingerprint density at radius 2 is 1.56 bits per heavy atom. The number of carbonyl (C=O) groups excluding carboxylic acids is 1. The summed E-state index contributed by atoms with van der Waals surface area (Å²) in [6.45, 7) is 5.71. The van der Waals surface area contributed by atoms with Gasteiger partial charge in [-0.05, 0) is 54.8 Å². The highest BCUT2D eigenvalue weighted by molar-refractivity contribution is 5.71. The lowest BCUT2D eigenvalue weighted by molar-refractivity contribution is 0.111.